The minimum absolute atomic E-state index is 0.171. The Morgan fingerprint density at radius 3 is 3.00 bits per heavy atom. The lowest BCUT2D eigenvalue weighted by Gasteiger charge is -2.16. The smallest absolute Gasteiger partial charge is 0.127 e. The second-order valence-corrected chi connectivity index (χ2v) is 4.92. The molecule has 0 radical (unpaired) electrons. The summed E-state index contributed by atoms with van der Waals surface area (Å²) < 4.78 is 16.9. The predicted molar refractivity (Wildman–Crippen MR) is 74.7 cm³/mol. The third-order valence-corrected chi connectivity index (χ3v) is 3.44. The van der Waals surface area contributed by atoms with E-state index in [1.165, 1.54) is 0 Å². The van der Waals surface area contributed by atoms with Gasteiger partial charge in [0.1, 0.15) is 17.6 Å². The van der Waals surface area contributed by atoms with Crippen LogP contribution in [0.3, 0.4) is 0 Å². The molecule has 0 saturated carbocycles. The summed E-state index contributed by atoms with van der Waals surface area (Å²) in [7, 11) is 0. The first-order chi connectivity index (χ1) is 8.83. The molecule has 18 heavy (non-hydrogen) atoms. The highest BCUT2D eigenvalue weighted by molar-refractivity contribution is 9.08. The molecule has 1 fully saturated rings. The summed E-state index contributed by atoms with van der Waals surface area (Å²) in [4.78, 5) is 0. The Morgan fingerprint density at radius 2 is 2.33 bits per heavy atom. The Kier molecular flexibility index (Phi) is 5.32. The average Bonchev–Trinajstić information content (AvgIpc) is 2.89. The molecule has 1 aliphatic rings. The molecule has 4 heteroatoms. The summed E-state index contributed by atoms with van der Waals surface area (Å²) >= 11 is 3.48. The quantitative estimate of drug-likeness (QED) is 0.752. The minimum atomic E-state index is 0.171. The third kappa shape index (κ3) is 3.62. The Balaban J connectivity index is 2.08. The fraction of sp³-hybridized carbons (Fsp3) is 0.571. The summed E-state index contributed by atoms with van der Waals surface area (Å²) in [5, 5.41) is 0.782. The molecule has 0 aliphatic carbocycles. The normalized spacial score (nSPS) is 18.9. The summed E-state index contributed by atoms with van der Waals surface area (Å²) in [5.74, 6) is 1.77. The van der Waals surface area contributed by atoms with E-state index in [0.29, 0.717) is 6.61 Å². The number of halogens is 1. The van der Waals surface area contributed by atoms with Crippen molar-refractivity contribution >= 4 is 15.9 Å². The number of hydrogen-bond acceptors (Lipinski definition) is 3. The molecule has 1 aliphatic heterocycles. The second-order valence-electron chi connectivity index (χ2n) is 4.36. The molecule has 1 aromatic carbocycles. The van der Waals surface area contributed by atoms with Crippen LogP contribution in [0.15, 0.2) is 18.2 Å². The number of benzene rings is 1. The van der Waals surface area contributed by atoms with Gasteiger partial charge in [0.15, 0.2) is 0 Å². The predicted octanol–water partition coefficient (Wildman–Crippen LogP) is 3.54. The van der Waals surface area contributed by atoms with Crippen LogP contribution in [0, 0.1) is 0 Å². The Labute approximate surface area is 117 Å². The van der Waals surface area contributed by atoms with Crippen molar-refractivity contribution in [2.75, 3.05) is 19.8 Å². The minimum Gasteiger partial charge on any atom is -0.493 e. The zero-order valence-electron chi connectivity index (χ0n) is 10.7. The third-order valence-electron chi connectivity index (χ3n) is 2.84. The van der Waals surface area contributed by atoms with Gasteiger partial charge in [0.2, 0.25) is 0 Å². The van der Waals surface area contributed by atoms with Crippen molar-refractivity contribution in [2.45, 2.75) is 31.2 Å². The van der Waals surface area contributed by atoms with Gasteiger partial charge in [-0.25, -0.2) is 0 Å². The number of ether oxygens (including phenoxy) is 3. The monoisotopic (exact) mass is 314 g/mol. The van der Waals surface area contributed by atoms with Crippen LogP contribution in [-0.2, 0) is 10.1 Å². The highest BCUT2D eigenvalue weighted by Crippen LogP contribution is 2.29. The van der Waals surface area contributed by atoms with Gasteiger partial charge in [0, 0.05) is 23.4 Å². The zero-order chi connectivity index (χ0) is 12.8. The lowest BCUT2D eigenvalue weighted by Crippen LogP contribution is -2.16. The van der Waals surface area contributed by atoms with E-state index < -0.39 is 0 Å². The number of alkyl halides is 1. The van der Waals surface area contributed by atoms with E-state index in [1.54, 1.807) is 0 Å². The van der Waals surface area contributed by atoms with Gasteiger partial charge < -0.3 is 14.2 Å². The molecule has 100 valence electrons. The van der Waals surface area contributed by atoms with Crippen LogP contribution >= 0.6 is 15.9 Å². The van der Waals surface area contributed by atoms with E-state index in [1.807, 2.05) is 18.2 Å². The SMILES string of the molecule is CCCOc1ccc(CBr)c(OC2CCOC2)c1. The first-order valence-corrected chi connectivity index (χ1v) is 7.51. The van der Waals surface area contributed by atoms with Crippen molar-refractivity contribution < 1.29 is 14.2 Å². The van der Waals surface area contributed by atoms with Crippen LogP contribution in [-0.4, -0.2) is 25.9 Å². The van der Waals surface area contributed by atoms with Gasteiger partial charge in [-0.3, -0.25) is 0 Å². The fourth-order valence-electron chi connectivity index (χ4n) is 1.85. The van der Waals surface area contributed by atoms with Gasteiger partial charge in [0.25, 0.3) is 0 Å². The summed E-state index contributed by atoms with van der Waals surface area (Å²) in [6, 6.07) is 6.01. The van der Waals surface area contributed by atoms with Gasteiger partial charge in [0.05, 0.1) is 19.8 Å². The van der Waals surface area contributed by atoms with E-state index >= 15 is 0 Å². The topological polar surface area (TPSA) is 27.7 Å². The van der Waals surface area contributed by atoms with Crippen molar-refractivity contribution in [2.24, 2.45) is 0 Å². The lowest BCUT2D eigenvalue weighted by molar-refractivity contribution is 0.140. The molecule has 1 heterocycles. The van der Waals surface area contributed by atoms with Crippen LogP contribution in [0.2, 0.25) is 0 Å². The Hall–Kier alpha value is -0.740. The van der Waals surface area contributed by atoms with Crippen molar-refractivity contribution in [3.05, 3.63) is 23.8 Å². The van der Waals surface area contributed by atoms with Gasteiger partial charge in [-0.1, -0.05) is 28.9 Å². The largest absolute Gasteiger partial charge is 0.493 e. The van der Waals surface area contributed by atoms with Crippen molar-refractivity contribution in [3.8, 4) is 11.5 Å². The van der Waals surface area contributed by atoms with Crippen LogP contribution < -0.4 is 9.47 Å². The van der Waals surface area contributed by atoms with E-state index in [0.717, 1.165) is 48.4 Å². The summed E-state index contributed by atoms with van der Waals surface area (Å²) in [6.07, 6.45) is 2.14. The second kappa shape index (κ2) is 7.00. The van der Waals surface area contributed by atoms with Crippen LogP contribution in [0.1, 0.15) is 25.3 Å². The molecule has 2 rings (SSSR count). The summed E-state index contributed by atoms with van der Waals surface area (Å²) in [5.41, 5.74) is 1.14. The van der Waals surface area contributed by atoms with Crippen LogP contribution in [0.4, 0.5) is 0 Å². The van der Waals surface area contributed by atoms with E-state index in [2.05, 4.69) is 22.9 Å². The van der Waals surface area contributed by atoms with Crippen LogP contribution in [0.25, 0.3) is 0 Å². The number of rotatable bonds is 6. The maximum Gasteiger partial charge on any atom is 0.127 e. The number of hydrogen-bond donors (Lipinski definition) is 0. The molecule has 1 saturated heterocycles. The lowest BCUT2D eigenvalue weighted by atomic mass is 10.2. The highest BCUT2D eigenvalue weighted by atomic mass is 79.9. The standard InChI is InChI=1S/C14H19BrO3/c1-2-6-17-12-4-3-11(9-15)14(8-12)18-13-5-7-16-10-13/h3-4,8,13H,2,5-7,9-10H2,1H3. The Morgan fingerprint density at radius 1 is 1.44 bits per heavy atom. The zero-order valence-corrected chi connectivity index (χ0v) is 12.2. The van der Waals surface area contributed by atoms with Crippen molar-refractivity contribution in [1.82, 2.24) is 0 Å². The van der Waals surface area contributed by atoms with E-state index in [-0.39, 0.29) is 6.10 Å². The molecular weight excluding hydrogens is 296 g/mol. The molecule has 0 bridgehead atoms. The first kappa shape index (κ1) is 13.7. The van der Waals surface area contributed by atoms with Gasteiger partial charge in [-0.2, -0.15) is 0 Å². The maximum atomic E-state index is 5.98. The fourth-order valence-corrected chi connectivity index (χ4v) is 2.31. The van der Waals surface area contributed by atoms with Gasteiger partial charge in [-0.15, -0.1) is 0 Å². The molecule has 1 atom stereocenters. The van der Waals surface area contributed by atoms with E-state index in [9.17, 15) is 0 Å². The van der Waals surface area contributed by atoms with Crippen molar-refractivity contribution in [3.63, 3.8) is 0 Å². The van der Waals surface area contributed by atoms with Gasteiger partial charge in [-0.05, 0) is 12.5 Å². The first-order valence-electron chi connectivity index (χ1n) is 6.39. The molecule has 0 N–H and O–H groups in total. The van der Waals surface area contributed by atoms with Gasteiger partial charge >= 0.3 is 0 Å². The summed E-state index contributed by atoms with van der Waals surface area (Å²) in [6.45, 7) is 4.31. The molecule has 1 unspecified atom stereocenters. The van der Waals surface area contributed by atoms with Crippen molar-refractivity contribution in [1.29, 1.82) is 0 Å². The Bertz CT molecular complexity index is 375. The average molecular weight is 315 g/mol. The molecule has 1 aromatic rings. The molecule has 0 amide bonds. The molecule has 0 spiro atoms. The molecular formula is C14H19BrO3. The molecule has 3 nitrogen and oxygen atoms in total. The highest BCUT2D eigenvalue weighted by Gasteiger charge is 2.18. The van der Waals surface area contributed by atoms with E-state index in [4.69, 9.17) is 14.2 Å². The molecule has 0 aromatic heterocycles. The maximum absolute atomic E-state index is 5.98. The van der Waals surface area contributed by atoms with Crippen LogP contribution in [0.5, 0.6) is 11.5 Å².